The second kappa shape index (κ2) is 10.6. The molecule has 0 saturated carbocycles. The molecule has 2 atom stereocenters. The van der Waals surface area contributed by atoms with Gasteiger partial charge in [-0.25, -0.2) is 4.39 Å². The Morgan fingerprint density at radius 1 is 1.26 bits per heavy atom. The Kier molecular flexibility index (Phi) is 8.06. The van der Waals surface area contributed by atoms with Crippen molar-refractivity contribution in [3.8, 4) is 0 Å². The molecule has 1 heterocycles. The molecule has 2 aromatic carbocycles. The number of benzene rings is 2. The van der Waals surface area contributed by atoms with Gasteiger partial charge < -0.3 is 14.7 Å². The first-order valence-corrected chi connectivity index (χ1v) is 10.8. The fourth-order valence-corrected chi connectivity index (χ4v) is 3.63. The molecule has 0 spiro atoms. The third-order valence-corrected chi connectivity index (χ3v) is 5.08. The van der Waals surface area contributed by atoms with Crippen LogP contribution in [0.25, 0.3) is 0 Å². The third kappa shape index (κ3) is 7.89. The van der Waals surface area contributed by atoms with Crippen molar-refractivity contribution in [2.45, 2.75) is 51.5 Å². The predicted octanol–water partition coefficient (Wildman–Crippen LogP) is 4.65. The van der Waals surface area contributed by atoms with Gasteiger partial charge in [0.15, 0.2) is 0 Å². The molecule has 0 aromatic heterocycles. The summed E-state index contributed by atoms with van der Waals surface area (Å²) >= 11 is 6.14. The first-order valence-electron chi connectivity index (χ1n) is 10.5. The Labute approximate surface area is 188 Å². The summed E-state index contributed by atoms with van der Waals surface area (Å²) in [5.74, 6) is -0.279. The number of ether oxygens (including phenoxy) is 1. The van der Waals surface area contributed by atoms with Gasteiger partial charge in [-0.1, -0.05) is 41.0 Å². The molecule has 0 radical (unpaired) electrons. The molecular weight excluding hydrogens is 419 g/mol. The highest BCUT2D eigenvalue weighted by Crippen LogP contribution is 2.20. The Morgan fingerprint density at radius 3 is 2.68 bits per heavy atom. The van der Waals surface area contributed by atoms with Crippen LogP contribution < -0.4 is 0 Å². The molecule has 0 aliphatic carbocycles. The van der Waals surface area contributed by atoms with E-state index < -0.39 is 6.10 Å². The number of aliphatic hydroxyl groups is 1. The van der Waals surface area contributed by atoms with Crippen LogP contribution in [0.1, 0.15) is 38.3 Å². The van der Waals surface area contributed by atoms with E-state index in [0.717, 1.165) is 16.8 Å². The van der Waals surface area contributed by atoms with Gasteiger partial charge in [-0.15, -0.1) is 0 Å². The molecule has 2 aromatic rings. The number of hydrogen-bond donors (Lipinski definition) is 1. The summed E-state index contributed by atoms with van der Waals surface area (Å²) in [7, 11) is 0. The Hall–Kier alpha value is -1.99. The summed E-state index contributed by atoms with van der Waals surface area (Å²) in [5, 5.41) is 15.4. The molecule has 1 aliphatic rings. The molecule has 5 nitrogen and oxygen atoms in total. The molecule has 3 rings (SSSR count). The first-order chi connectivity index (χ1) is 14.7. The Bertz CT molecular complexity index is 883. The maximum absolute atomic E-state index is 13.2. The van der Waals surface area contributed by atoms with Crippen molar-refractivity contribution < 1.29 is 19.1 Å². The van der Waals surface area contributed by atoms with E-state index in [1.54, 1.807) is 12.1 Å². The lowest BCUT2D eigenvalue weighted by Gasteiger charge is -2.28. The van der Waals surface area contributed by atoms with E-state index >= 15 is 0 Å². The monoisotopic (exact) mass is 448 g/mol. The topological polar surface area (TPSA) is 54.3 Å². The van der Waals surface area contributed by atoms with Crippen LogP contribution in [0.4, 0.5) is 4.39 Å². The maximum Gasteiger partial charge on any atom is 0.145 e. The fraction of sp³-hybridized carbons (Fsp3) is 0.458. The van der Waals surface area contributed by atoms with Gasteiger partial charge >= 0.3 is 0 Å². The summed E-state index contributed by atoms with van der Waals surface area (Å²) < 4.78 is 18.9. The van der Waals surface area contributed by atoms with Crippen LogP contribution in [0, 0.1) is 5.82 Å². The minimum Gasteiger partial charge on any atom is -0.390 e. The van der Waals surface area contributed by atoms with Crippen LogP contribution in [-0.4, -0.2) is 53.2 Å². The standard InChI is InChI=1S/C24H30ClFN2O3/c1-24(2,3)30-16-21(29)14-28(13-17-5-4-6-19(25)11-17)15-22-12-23(27-31-22)18-7-9-20(26)10-8-18/h4-11,21-22,29H,12-16H2,1-3H3/t21-,22-/m0/s1. The number of hydrogen-bond acceptors (Lipinski definition) is 5. The minimum atomic E-state index is -0.641. The third-order valence-electron chi connectivity index (χ3n) is 4.85. The fourth-order valence-electron chi connectivity index (χ4n) is 3.42. The molecule has 1 N–H and O–H groups in total. The number of nitrogens with zero attached hydrogens (tertiary/aromatic N) is 2. The van der Waals surface area contributed by atoms with Gasteiger partial charge in [0, 0.05) is 31.1 Å². The normalized spacial score (nSPS) is 17.5. The summed E-state index contributed by atoms with van der Waals surface area (Å²) in [6.07, 6.45) is -0.181. The van der Waals surface area contributed by atoms with E-state index in [2.05, 4.69) is 10.1 Å². The molecule has 7 heteroatoms. The molecule has 1 aliphatic heterocycles. The van der Waals surface area contributed by atoms with E-state index in [1.165, 1.54) is 12.1 Å². The predicted molar refractivity (Wildman–Crippen MR) is 121 cm³/mol. The quantitative estimate of drug-likeness (QED) is 0.606. The zero-order valence-corrected chi connectivity index (χ0v) is 19.0. The lowest BCUT2D eigenvalue weighted by molar-refractivity contribution is -0.0600. The van der Waals surface area contributed by atoms with E-state index in [-0.39, 0.29) is 24.1 Å². The molecule has 168 valence electrons. The van der Waals surface area contributed by atoms with E-state index in [0.29, 0.717) is 31.1 Å². The summed E-state index contributed by atoms with van der Waals surface area (Å²) in [4.78, 5) is 7.77. The van der Waals surface area contributed by atoms with Crippen LogP contribution in [0.15, 0.2) is 53.7 Å². The summed E-state index contributed by atoms with van der Waals surface area (Å²) in [6.45, 7) is 7.75. The van der Waals surface area contributed by atoms with Crippen LogP contribution in [-0.2, 0) is 16.1 Å². The molecule has 31 heavy (non-hydrogen) atoms. The zero-order valence-electron chi connectivity index (χ0n) is 18.2. The van der Waals surface area contributed by atoms with Crippen molar-refractivity contribution in [1.29, 1.82) is 0 Å². The summed E-state index contributed by atoms with van der Waals surface area (Å²) in [6, 6.07) is 13.9. The van der Waals surface area contributed by atoms with Gasteiger partial charge in [-0.05, 0) is 56.2 Å². The highest BCUT2D eigenvalue weighted by Gasteiger charge is 2.26. The molecular formula is C24H30ClFN2O3. The first kappa shape index (κ1) is 23.7. The molecule has 0 saturated heterocycles. The van der Waals surface area contributed by atoms with Gasteiger partial charge in [0.05, 0.1) is 24.0 Å². The second-order valence-electron chi connectivity index (χ2n) is 8.88. The van der Waals surface area contributed by atoms with Crippen molar-refractivity contribution in [2.75, 3.05) is 19.7 Å². The smallest absolute Gasteiger partial charge is 0.145 e. The molecule has 0 fully saturated rings. The highest BCUT2D eigenvalue weighted by atomic mass is 35.5. The Morgan fingerprint density at radius 2 is 2.00 bits per heavy atom. The Balaban J connectivity index is 1.62. The number of rotatable bonds is 9. The van der Waals surface area contributed by atoms with Gasteiger partial charge in [-0.3, -0.25) is 4.90 Å². The minimum absolute atomic E-state index is 0.157. The SMILES string of the molecule is CC(C)(C)OC[C@@H](O)CN(Cc1cccc(Cl)c1)C[C@@H]1CC(c2ccc(F)cc2)=NO1. The number of oxime groups is 1. The van der Waals surface area contributed by atoms with Crippen LogP contribution in [0.5, 0.6) is 0 Å². The van der Waals surface area contributed by atoms with E-state index in [4.69, 9.17) is 21.2 Å². The lowest BCUT2D eigenvalue weighted by Crippen LogP contribution is -2.40. The molecule has 0 bridgehead atoms. The number of aliphatic hydroxyl groups excluding tert-OH is 1. The molecule has 0 unspecified atom stereocenters. The summed E-state index contributed by atoms with van der Waals surface area (Å²) in [5.41, 5.74) is 2.38. The second-order valence-corrected chi connectivity index (χ2v) is 9.31. The van der Waals surface area contributed by atoms with Gasteiger partial charge in [0.25, 0.3) is 0 Å². The van der Waals surface area contributed by atoms with Crippen LogP contribution in [0.3, 0.4) is 0 Å². The largest absolute Gasteiger partial charge is 0.390 e. The average molecular weight is 449 g/mol. The van der Waals surface area contributed by atoms with Gasteiger partial charge in [0.2, 0.25) is 0 Å². The lowest BCUT2D eigenvalue weighted by atomic mass is 10.0. The molecule has 0 amide bonds. The zero-order chi connectivity index (χ0) is 22.4. The van der Waals surface area contributed by atoms with Crippen molar-refractivity contribution in [2.24, 2.45) is 5.16 Å². The van der Waals surface area contributed by atoms with Crippen molar-refractivity contribution in [3.63, 3.8) is 0 Å². The van der Waals surface area contributed by atoms with Gasteiger partial charge in [0.1, 0.15) is 11.9 Å². The van der Waals surface area contributed by atoms with Crippen molar-refractivity contribution in [1.82, 2.24) is 4.90 Å². The number of halogens is 2. The van der Waals surface area contributed by atoms with Crippen LogP contribution in [0.2, 0.25) is 5.02 Å². The van der Waals surface area contributed by atoms with E-state index in [1.807, 2.05) is 45.0 Å². The van der Waals surface area contributed by atoms with E-state index in [9.17, 15) is 9.50 Å². The van der Waals surface area contributed by atoms with Crippen molar-refractivity contribution in [3.05, 3.63) is 70.5 Å². The average Bonchev–Trinajstić information content (AvgIpc) is 3.15. The highest BCUT2D eigenvalue weighted by molar-refractivity contribution is 6.30. The maximum atomic E-state index is 13.2. The van der Waals surface area contributed by atoms with Gasteiger partial charge in [-0.2, -0.15) is 0 Å². The van der Waals surface area contributed by atoms with Crippen molar-refractivity contribution >= 4 is 17.3 Å². The van der Waals surface area contributed by atoms with Crippen LogP contribution >= 0.6 is 11.6 Å².